The molecule has 8 aromatic carbocycles. The molecule has 9 aromatic rings. The third kappa shape index (κ3) is 5.17. The Bertz CT molecular complexity index is 2820. The molecule has 0 spiro atoms. The van der Waals surface area contributed by atoms with Gasteiger partial charge in [0.1, 0.15) is 23.2 Å². The predicted molar refractivity (Wildman–Crippen MR) is 211 cm³/mol. The van der Waals surface area contributed by atoms with E-state index in [1.54, 1.807) is 0 Å². The number of furan rings is 1. The van der Waals surface area contributed by atoms with Gasteiger partial charge in [0.2, 0.25) is 0 Å². The highest BCUT2D eigenvalue weighted by molar-refractivity contribution is 6.22. The second-order valence-electron chi connectivity index (χ2n) is 13.0. The van der Waals surface area contributed by atoms with E-state index in [1.807, 2.05) is 36.4 Å². The minimum Gasteiger partial charge on any atom is -0.456 e. The number of aliphatic imine (C=N–C) groups is 2. The summed E-state index contributed by atoms with van der Waals surface area (Å²) >= 11 is 0. The van der Waals surface area contributed by atoms with Gasteiger partial charge in [-0.15, -0.1) is 0 Å². The molecule has 0 aliphatic carbocycles. The monoisotopic (exact) mass is 653 g/mol. The topological polar surface area (TPSA) is 49.9 Å². The van der Waals surface area contributed by atoms with Crippen molar-refractivity contribution in [2.24, 2.45) is 9.98 Å². The van der Waals surface area contributed by atoms with Crippen molar-refractivity contribution in [3.05, 3.63) is 193 Å². The van der Waals surface area contributed by atoms with E-state index in [0.29, 0.717) is 5.84 Å². The van der Waals surface area contributed by atoms with E-state index in [9.17, 15) is 0 Å². The van der Waals surface area contributed by atoms with E-state index in [1.165, 1.54) is 32.7 Å². The maximum absolute atomic E-state index is 6.45. The SMILES string of the molecule is c1ccc(C2=NC(c3cccc4oc5ccc(-c6ccc7c(ccc8ccccc87)c6)cc5c34)=NC(c3ccc(-c4ccccc4)cc3)N2)cc1. The zero-order valence-corrected chi connectivity index (χ0v) is 27.6. The lowest BCUT2D eigenvalue weighted by Crippen LogP contribution is -2.33. The Kier molecular flexibility index (Phi) is 6.85. The van der Waals surface area contributed by atoms with Crippen LogP contribution in [0.4, 0.5) is 0 Å². The lowest BCUT2D eigenvalue weighted by atomic mass is 9.96. The van der Waals surface area contributed by atoms with Crippen LogP contribution in [0.15, 0.2) is 190 Å². The highest BCUT2D eigenvalue weighted by Crippen LogP contribution is 2.37. The molecule has 10 rings (SSSR count). The fourth-order valence-corrected chi connectivity index (χ4v) is 7.36. The molecule has 1 N–H and O–H groups in total. The third-order valence-electron chi connectivity index (χ3n) is 9.94. The van der Waals surface area contributed by atoms with Crippen molar-refractivity contribution in [3.8, 4) is 22.3 Å². The van der Waals surface area contributed by atoms with Crippen molar-refractivity contribution in [1.29, 1.82) is 0 Å². The molecule has 240 valence electrons. The summed E-state index contributed by atoms with van der Waals surface area (Å²) < 4.78 is 6.45. The number of nitrogens with one attached hydrogen (secondary N) is 1. The summed E-state index contributed by atoms with van der Waals surface area (Å²) in [5, 5.41) is 10.7. The zero-order chi connectivity index (χ0) is 33.7. The molecule has 1 unspecified atom stereocenters. The highest BCUT2D eigenvalue weighted by Gasteiger charge is 2.24. The molecule has 0 bridgehead atoms. The average molecular weight is 654 g/mol. The van der Waals surface area contributed by atoms with E-state index < -0.39 is 0 Å². The molecule has 0 fully saturated rings. The van der Waals surface area contributed by atoms with Crippen LogP contribution < -0.4 is 5.32 Å². The average Bonchev–Trinajstić information content (AvgIpc) is 3.59. The summed E-state index contributed by atoms with van der Waals surface area (Å²) in [6.07, 6.45) is -0.324. The van der Waals surface area contributed by atoms with Gasteiger partial charge in [-0.1, -0.05) is 152 Å². The Balaban J connectivity index is 1.10. The van der Waals surface area contributed by atoms with Gasteiger partial charge in [-0.3, -0.25) is 0 Å². The van der Waals surface area contributed by atoms with Crippen LogP contribution in [0.25, 0.3) is 65.7 Å². The maximum Gasteiger partial charge on any atom is 0.160 e. The molecule has 0 amide bonds. The van der Waals surface area contributed by atoms with E-state index >= 15 is 0 Å². The lowest BCUT2D eigenvalue weighted by molar-refractivity contribution is 0.668. The van der Waals surface area contributed by atoms with Crippen LogP contribution in [0.3, 0.4) is 0 Å². The summed E-state index contributed by atoms with van der Waals surface area (Å²) in [7, 11) is 0. The Morgan fingerprint density at radius 2 is 1.12 bits per heavy atom. The van der Waals surface area contributed by atoms with Crippen LogP contribution in [0.5, 0.6) is 0 Å². The van der Waals surface area contributed by atoms with Crippen molar-refractivity contribution in [2.75, 3.05) is 0 Å². The minimum atomic E-state index is -0.324. The van der Waals surface area contributed by atoms with Gasteiger partial charge in [0, 0.05) is 21.9 Å². The smallest absolute Gasteiger partial charge is 0.160 e. The first-order chi connectivity index (χ1) is 25.2. The Hall–Kier alpha value is -6.78. The molecular weight excluding hydrogens is 623 g/mol. The van der Waals surface area contributed by atoms with Crippen LogP contribution in [0.1, 0.15) is 22.9 Å². The van der Waals surface area contributed by atoms with Crippen molar-refractivity contribution in [3.63, 3.8) is 0 Å². The van der Waals surface area contributed by atoms with Gasteiger partial charge >= 0.3 is 0 Å². The number of nitrogens with zero attached hydrogens (tertiary/aromatic N) is 2. The van der Waals surface area contributed by atoms with Crippen LogP contribution in [-0.4, -0.2) is 11.7 Å². The van der Waals surface area contributed by atoms with Crippen molar-refractivity contribution < 1.29 is 4.42 Å². The third-order valence-corrected chi connectivity index (χ3v) is 9.94. The van der Waals surface area contributed by atoms with Gasteiger partial charge in [0.15, 0.2) is 5.84 Å². The molecule has 0 radical (unpaired) electrons. The molecule has 4 nitrogen and oxygen atoms in total. The van der Waals surface area contributed by atoms with Gasteiger partial charge in [-0.05, 0) is 73.6 Å². The second kappa shape index (κ2) is 12.0. The lowest BCUT2D eigenvalue weighted by Gasteiger charge is -2.24. The highest BCUT2D eigenvalue weighted by atomic mass is 16.3. The van der Waals surface area contributed by atoms with Crippen molar-refractivity contribution in [2.45, 2.75) is 6.17 Å². The molecule has 51 heavy (non-hydrogen) atoms. The molecular formula is C47H31N3O. The number of benzene rings is 8. The maximum atomic E-state index is 6.45. The summed E-state index contributed by atoms with van der Waals surface area (Å²) in [6.45, 7) is 0. The molecule has 1 atom stereocenters. The largest absolute Gasteiger partial charge is 0.456 e. The van der Waals surface area contributed by atoms with Crippen LogP contribution in [-0.2, 0) is 0 Å². The number of amidine groups is 2. The Morgan fingerprint density at radius 3 is 1.96 bits per heavy atom. The summed E-state index contributed by atoms with van der Waals surface area (Å²) in [5.74, 6) is 1.45. The Labute approximate surface area is 295 Å². The van der Waals surface area contributed by atoms with Crippen molar-refractivity contribution in [1.82, 2.24) is 5.32 Å². The molecule has 1 aromatic heterocycles. The van der Waals surface area contributed by atoms with Crippen LogP contribution >= 0.6 is 0 Å². The van der Waals surface area contributed by atoms with Crippen molar-refractivity contribution >= 4 is 55.2 Å². The molecule has 4 heteroatoms. The number of hydrogen-bond donors (Lipinski definition) is 1. The zero-order valence-electron chi connectivity index (χ0n) is 27.6. The molecule has 1 aliphatic rings. The van der Waals surface area contributed by atoms with E-state index in [0.717, 1.165) is 55.6 Å². The van der Waals surface area contributed by atoms with E-state index in [4.69, 9.17) is 14.4 Å². The van der Waals surface area contributed by atoms with Gasteiger partial charge in [0.25, 0.3) is 0 Å². The molecule has 0 saturated carbocycles. The summed E-state index contributed by atoms with van der Waals surface area (Å²) in [4.78, 5) is 10.4. The first-order valence-corrected chi connectivity index (χ1v) is 17.3. The first kappa shape index (κ1) is 29.2. The summed E-state index contributed by atoms with van der Waals surface area (Å²) in [5.41, 5.74) is 9.30. The van der Waals surface area contributed by atoms with Gasteiger partial charge in [-0.2, -0.15) is 0 Å². The molecule has 0 saturated heterocycles. The fourth-order valence-electron chi connectivity index (χ4n) is 7.36. The molecule has 1 aliphatic heterocycles. The minimum absolute atomic E-state index is 0.324. The van der Waals surface area contributed by atoms with Gasteiger partial charge in [-0.25, -0.2) is 9.98 Å². The van der Waals surface area contributed by atoms with Crippen LogP contribution in [0, 0.1) is 0 Å². The fraction of sp³-hybridized carbons (Fsp3) is 0.0213. The number of hydrogen-bond acceptors (Lipinski definition) is 4. The standard InChI is InChI=1S/C47H31N3O/c1-3-10-30(11-4-1)31-18-21-34(22-19-31)46-48-45(33-13-5-2-6-14-33)49-47(50-46)40-16-9-17-43-44(40)41-29-36(25-27-42(41)51-43)35-24-26-39-37(28-35)23-20-32-12-7-8-15-38(32)39/h1-29,46H,(H,48,49,50). The number of fused-ring (bicyclic) bond motifs is 6. The van der Waals surface area contributed by atoms with E-state index in [2.05, 4.69) is 145 Å². The van der Waals surface area contributed by atoms with Crippen LogP contribution in [0.2, 0.25) is 0 Å². The molecule has 2 heterocycles. The summed E-state index contributed by atoms with van der Waals surface area (Å²) in [6, 6.07) is 61.7. The first-order valence-electron chi connectivity index (χ1n) is 17.3. The number of rotatable bonds is 5. The quantitative estimate of drug-likeness (QED) is 0.188. The second-order valence-corrected chi connectivity index (χ2v) is 13.0. The Morgan fingerprint density at radius 1 is 0.451 bits per heavy atom. The predicted octanol–water partition coefficient (Wildman–Crippen LogP) is 11.7. The normalized spacial score (nSPS) is 14.5. The van der Waals surface area contributed by atoms with Gasteiger partial charge < -0.3 is 9.73 Å². The van der Waals surface area contributed by atoms with E-state index in [-0.39, 0.29) is 6.17 Å². The van der Waals surface area contributed by atoms with Gasteiger partial charge in [0.05, 0.1) is 0 Å².